The molecule has 1 aliphatic rings. The highest BCUT2D eigenvalue weighted by Gasteiger charge is 2.34. The molecule has 0 aromatic carbocycles. The van der Waals surface area contributed by atoms with Crippen LogP contribution < -0.4 is 5.73 Å². The Balaban J connectivity index is 1.91. The van der Waals surface area contributed by atoms with Crippen molar-refractivity contribution in [2.75, 3.05) is 13.6 Å². The number of nitrogens with two attached hydrogens (primary N) is 1. The Labute approximate surface area is 129 Å². The number of rotatable bonds is 4. The van der Waals surface area contributed by atoms with Gasteiger partial charge in [-0.3, -0.25) is 4.98 Å². The summed E-state index contributed by atoms with van der Waals surface area (Å²) < 4.78 is 0. The van der Waals surface area contributed by atoms with E-state index >= 15 is 0 Å². The maximum atomic E-state index is 6.39. The highest BCUT2D eigenvalue weighted by Crippen LogP contribution is 2.40. The fourth-order valence-electron chi connectivity index (χ4n) is 3.55. The Hall–Kier alpha value is -0.930. The summed E-state index contributed by atoms with van der Waals surface area (Å²) in [6.07, 6.45) is 7.51. The Bertz CT molecular complexity index is 424. The molecule has 1 aliphatic carbocycles. The maximum absolute atomic E-state index is 6.39. The second-order valence-corrected chi connectivity index (χ2v) is 7.86. The number of hydrogen-bond acceptors (Lipinski definition) is 3. The quantitative estimate of drug-likeness (QED) is 0.924. The molecule has 3 nitrogen and oxygen atoms in total. The molecule has 0 saturated heterocycles. The lowest BCUT2D eigenvalue weighted by molar-refractivity contribution is 0.104. The molecule has 1 heterocycles. The van der Waals surface area contributed by atoms with Gasteiger partial charge in [-0.1, -0.05) is 26.8 Å². The first kappa shape index (κ1) is 16.4. The molecule has 1 saturated carbocycles. The number of nitrogens with zero attached hydrogens (tertiary/aromatic N) is 2. The lowest BCUT2D eigenvalue weighted by Crippen LogP contribution is -2.44. The van der Waals surface area contributed by atoms with Crippen LogP contribution in [0.25, 0.3) is 0 Å². The van der Waals surface area contributed by atoms with Crippen LogP contribution in [0.2, 0.25) is 0 Å². The summed E-state index contributed by atoms with van der Waals surface area (Å²) in [5.41, 5.74) is 8.07. The molecule has 3 unspecified atom stereocenters. The number of pyridine rings is 1. The van der Waals surface area contributed by atoms with Gasteiger partial charge < -0.3 is 10.6 Å². The van der Waals surface area contributed by atoms with Gasteiger partial charge in [-0.15, -0.1) is 0 Å². The molecule has 1 fully saturated rings. The van der Waals surface area contributed by atoms with Crippen molar-refractivity contribution in [2.24, 2.45) is 23.0 Å². The second-order valence-electron chi connectivity index (χ2n) is 7.86. The largest absolute Gasteiger partial charge is 0.327 e. The summed E-state index contributed by atoms with van der Waals surface area (Å²) in [5.74, 6) is 1.42. The molecule has 0 bridgehead atoms. The maximum Gasteiger partial charge on any atom is 0.0312 e. The molecule has 0 aliphatic heterocycles. The van der Waals surface area contributed by atoms with Gasteiger partial charge in [-0.2, -0.15) is 0 Å². The summed E-state index contributed by atoms with van der Waals surface area (Å²) in [5, 5.41) is 0. The fourth-order valence-corrected chi connectivity index (χ4v) is 3.55. The van der Waals surface area contributed by atoms with Gasteiger partial charge >= 0.3 is 0 Å². The van der Waals surface area contributed by atoms with Gasteiger partial charge in [0, 0.05) is 31.5 Å². The van der Waals surface area contributed by atoms with Crippen LogP contribution in [0.1, 0.15) is 45.6 Å². The van der Waals surface area contributed by atoms with Crippen molar-refractivity contribution < 1.29 is 0 Å². The molecule has 0 amide bonds. The summed E-state index contributed by atoms with van der Waals surface area (Å²) in [6.45, 7) is 9.14. The smallest absolute Gasteiger partial charge is 0.0312 e. The third kappa shape index (κ3) is 4.79. The van der Waals surface area contributed by atoms with E-state index in [1.807, 2.05) is 18.5 Å². The molecular weight excluding hydrogens is 258 g/mol. The molecule has 118 valence electrons. The number of hydrogen-bond donors (Lipinski definition) is 1. The average Bonchev–Trinajstić information content (AvgIpc) is 2.41. The van der Waals surface area contributed by atoms with E-state index in [4.69, 9.17) is 5.73 Å². The Morgan fingerprint density at radius 1 is 1.33 bits per heavy atom. The molecule has 0 spiro atoms. The fraction of sp³-hybridized carbons (Fsp3) is 0.722. The summed E-state index contributed by atoms with van der Waals surface area (Å²) in [7, 11) is 2.19. The second kappa shape index (κ2) is 6.89. The van der Waals surface area contributed by atoms with Crippen molar-refractivity contribution in [1.82, 2.24) is 9.88 Å². The average molecular weight is 289 g/mol. The first-order chi connectivity index (χ1) is 9.86. The zero-order chi connectivity index (χ0) is 15.5. The third-order valence-corrected chi connectivity index (χ3v) is 4.99. The minimum absolute atomic E-state index is 0.361. The van der Waals surface area contributed by atoms with E-state index in [0.717, 1.165) is 19.0 Å². The van der Waals surface area contributed by atoms with Crippen LogP contribution in [0.4, 0.5) is 0 Å². The van der Waals surface area contributed by atoms with Gasteiger partial charge in [0.2, 0.25) is 0 Å². The molecule has 1 aromatic heterocycles. The first-order valence-corrected chi connectivity index (χ1v) is 8.19. The van der Waals surface area contributed by atoms with E-state index in [9.17, 15) is 0 Å². The van der Waals surface area contributed by atoms with Gasteiger partial charge in [0.1, 0.15) is 0 Å². The van der Waals surface area contributed by atoms with Crippen molar-refractivity contribution in [3.8, 4) is 0 Å². The van der Waals surface area contributed by atoms with E-state index < -0.39 is 0 Å². The normalized spacial score (nSPS) is 27.0. The number of aromatic nitrogens is 1. The minimum atomic E-state index is 0.361. The van der Waals surface area contributed by atoms with Crippen molar-refractivity contribution in [3.05, 3.63) is 30.1 Å². The van der Waals surface area contributed by atoms with Crippen LogP contribution in [-0.4, -0.2) is 29.5 Å². The molecule has 2 N–H and O–H groups in total. The topological polar surface area (TPSA) is 42.2 Å². The monoisotopic (exact) mass is 289 g/mol. The van der Waals surface area contributed by atoms with Crippen molar-refractivity contribution >= 4 is 0 Å². The molecule has 21 heavy (non-hydrogen) atoms. The molecule has 3 heteroatoms. The van der Waals surface area contributed by atoms with Gasteiger partial charge in [0.05, 0.1) is 0 Å². The summed E-state index contributed by atoms with van der Waals surface area (Å²) in [4.78, 5) is 6.59. The van der Waals surface area contributed by atoms with E-state index in [0.29, 0.717) is 17.4 Å². The van der Waals surface area contributed by atoms with E-state index in [-0.39, 0.29) is 0 Å². The highest BCUT2D eigenvalue weighted by molar-refractivity contribution is 5.08. The summed E-state index contributed by atoms with van der Waals surface area (Å²) >= 11 is 0. The zero-order valence-electron chi connectivity index (χ0n) is 14.0. The Morgan fingerprint density at radius 2 is 2.10 bits per heavy atom. The standard InChI is InChI=1S/C18H31N3/c1-18(2,3)16-7-8-17(19)15(10-16)13-21(4)12-14-6-5-9-20-11-14/h5-6,9,11,15-17H,7-8,10,12-13,19H2,1-4H3. The Kier molecular flexibility index (Phi) is 5.39. The van der Waals surface area contributed by atoms with Crippen LogP contribution in [-0.2, 0) is 6.54 Å². The lowest BCUT2D eigenvalue weighted by Gasteiger charge is -2.41. The molecular formula is C18H31N3. The van der Waals surface area contributed by atoms with Gasteiger partial charge in [0.15, 0.2) is 0 Å². The molecule has 2 rings (SSSR count). The minimum Gasteiger partial charge on any atom is -0.327 e. The van der Waals surface area contributed by atoms with Crippen LogP contribution in [0.15, 0.2) is 24.5 Å². The predicted octanol–water partition coefficient (Wildman–Crippen LogP) is 3.30. The third-order valence-electron chi connectivity index (χ3n) is 4.99. The van der Waals surface area contributed by atoms with Crippen molar-refractivity contribution in [3.63, 3.8) is 0 Å². The Morgan fingerprint density at radius 3 is 2.71 bits per heavy atom. The molecule has 0 radical (unpaired) electrons. The predicted molar refractivity (Wildman–Crippen MR) is 88.8 cm³/mol. The molecule has 3 atom stereocenters. The SMILES string of the molecule is CN(Cc1cccnc1)CC1CC(C(C)(C)C)CCC1N. The van der Waals surface area contributed by atoms with Gasteiger partial charge in [-0.25, -0.2) is 0 Å². The zero-order valence-corrected chi connectivity index (χ0v) is 14.0. The van der Waals surface area contributed by atoms with E-state index in [1.165, 1.54) is 24.8 Å². The van der Waals surface area contributed by atoms with E-state index in [2.05, 4.69) is 43.8 Å². The highest BCUT2D eigenvalue weighted by atomic mass is 15.1. The summed E-state index contributed by atoms with van der Waals surface area (Å²) in [6, 6.07) is 4.51. The first-order valence-electron chi connectivity index (χ1n) is 8.19. The van der Waals surface area contributed by atoms with Gasteiger partial charge in [-0.05, 0) is 55.2 Å². The van der Waals surface area contributed by atoms with Crippen LogP contribution in [0.3, 0.4) is 0 Å². The van der Waals surface area contributed by atoms with E-state index in [1.54, 1.807) is 0 Å². The van der Waals surface area contributed by atoms with Gasteiger partial charge in [0.25, 0.3) is 0 Å². The molecule has 1 aromatic rings. The van der Waals surface area contributed by atoms with Crippen molar-refractivity contribution in [1.29, 1.82) is 0 Å². The van der Waals surface area contributed by atoms with Crippen molar-refractivity contribution in [2.45, 2.75) is 52.6 Å². The van der Waals surface area contributed by atoms with Crippen LogP contribution in [0, 0.1) is 17.3 Å². The lowest BCUT2D eigenvalue weighted by atomic mass is 9.67. The van der Waals surface area contributed by atoms with Crippen LogP contribution >= 0.6 is 0 Å². The van der Waals surface area contributed by atoms with Crippen LogP contribution in [0.5, 0.6) is 0 Å².